The van der Waals surface area contributed by atoms with Crippen molar-refractivity contribution in [3.63, 3.8) is 0 Å². The summed E-state index contributed by atoms with van der Waals surface area (Å²) in [5.41, 5.74) is 0. The van der Waals surface area contributed by atoms with Gasteiger partial charge in [0.05, 0.1) is 6.61 Å². The van der Waals surface area contributed by atoms with Crippen molar-refractivity contribution in [2.75, 3.05) is 39.8 Å². The zero-order valence-corrected chi connectivity index (χ0v) is 9.34. The summed E-state index contributed by atoms with van der Waals surface area (Å²) in [5.74, 6) is 0.895. The zero-order chi connectivity index (χ0) is 10.2. The van der Waals surface area contributed by atoms with Crippen LogP contribution in [-0.2, 0) is 0 Å². The SMILES string of the molecule is CN(CCO)CCCC1CCCNC1. The minimum Gasteiger partial charge on any atom is -0.395 e. The lowest BCUT2D eigenvalue weighted by molar-refractivity contribution is 0.215. The molecule has 3 nitrogen and oxygen atoms in total. The standard InChI is InChI=1S/C11H24N2O/c1-13(8-9-14)7-3-5-11-4-2-6-12-10-11/h11-12,14H,2-10H2,1H3. The molecule has 1 rings (SSSR count). The summed E-state index contributed by atoms with van der Waals surface area (Å²) in [7, 11) is 2.08. The lowest BCUT2D eigenvalue weighted by Crippen LogP contribution is -2.30. The van der Waals surface area contributed by atoms with Crippen molar-refractivity contribution in [3.8, 4) is 0 Å². The second kappa shape index (κ2) is 7.21. The minimum atomic E-state index is 0.279. The van der Waals surface area contributed by atoms with Crippen molar-refractivity contribution < 1.29 is 5.11 Å². The summed E-state index contributed by atoms with van der Waals surface area (Å²) in [6.07, 6.45) is 5.35. The molecule has 1 unspecified atom stereocenters. The van der Waals surface area contributed by atoms with Gasteiger partial charge in [0.15, 0.2) is 0 Å². The first-order valence-corrected chi connectivity index (χ1v) is 5.83. The Morgan fingerprint density at radius 3 is 2.93 bits per heavy atom. The lowest BCUT2D eigenvalue weighted by atomic mass is 9.95. The fourth-order valence-corrected chi connectivity index (χ4v) is 2.10. The molecule has 1 fully saturated rings. The molecule has 0 bridgehead atoms. The van der Waals surface area contributed by atoms with Crippen LogP contribution in [0.2, 0.25) is 0 Å². The number of rotatable bonds is 6. The number of nitrogens with one attached hydrogen (secondary N) is 1. The maximum absolute atomic E-state index is 8.73. The second-order valence-corrected chi connectivity index (χ2v) is 4.38. The Morgan fingerprint density at radius 2 is 2.29 bits per heavy atom. The van der Waals surface area contributed by atoms with Crippen LogP contribution in [0.4, 0.5) is 0 Å². The quantitative estimate of drug-likeness (QED) is 0.662. The predicted molar refractivity (Wildman–Crippen MR) is 59.4 cm³/mol. The van der Waals surface area contributed by atoms with Crippen LogP contribution >= 0.6 is 0 Å². The first-order valence-electron chi connectivity index (χ1n) is 5.83. The molecule has 0 aromatic rings. The van der Waals surface area contributed by atoms with Gasteiger partial charge in [-0.3, -0.25) is 0 Å². The first-order chi connectivity index (χ1) is 6.83. The fourth-order valence-electron chi connectivity index (χ4n) is 2.10. The van der Waals surface area contributed by atoms with E-state index in [0.29, 0.717) is 0 Å². The van der Waals surface area contributed by atoms with Crippen LogP contribution in [0.1, 0.15) is 25.7 Å². The number of hydrogen-bond acceptors (Lipinski definition) is 3. The van der Waals surface area contributed by atoms with Gasteiger partial charge in [-0.15, -0.1) is 0 Å². The van der Waals surface area contributed by atoms with E-state index in [1.54, 1.807) is 0 Å². The van der Waals surface area contributed by atoms with Gasteiger partial charge in [0.2, 0.25) is 0 Å². The van der Waals surface area contributed by atoms with Crippen LogP contribution in [0.3, 0.4) is 0 Å². The molecule has 84 valence electrons. The lowest BCUT2D eigenvalue weighted by Gasteiger charge is -2.23. The topological polar surface area (TPSA) is 35.5 Å². The van der Waals surface area contributed by atoms with Gasteiger partial charge in [0, 0.05) is 6.54 Å². The molecule has 0 aromatic carbocycles. The average molecular weight is 200 g/mol. The second-order valence-electron chi connectivity index (χ2n) is 4.38. The summed E-state index contributed by atoms with van der Waals surface area (Å²) in [6.45, 7) is 4.63. The maximum atomic E-state index is 8.73. The van der Waals surface area contributed by atoms with Crippen molar-refractivity contribution in [2.45, 2.75) is 25.7 Å². The molecule has 1 atom stereocenters. The van der Waals surface area contributed by atoms with E-state index in [9.17, 15) is 0 Å². The van der Waals surface area contributed by atoms with E-state index in [2.05, 4.69) is 17.3 Å². The molecule has 1 aliphatic heterocycles. The summed E-state index contributed by atoms with van der Waals surface area (Å²) in [6, 6.07) is 0. The third-order valence-electron chi connectivity index (χ3n) is 3.03. The fraction of sp³-hybridized carbons (Fsp3) is 1.00. The van der Waals surface area contributed by atoms with Crippen LogP contribution in [0.5, 0.6) is 0 Å². The molecule has 1 aliphatic rings. The van der Waals surface area contributed by atoms with E-state index in [4.69, 9.17) is 5.11 Å². The molecule has 0 radical (unpaired) electrons. The molecule has 14 heavy (non-hydrogen) atoms. The average Bonchev–Trinajstić information content (AvgIpc) is 2.20. The van der Waals surface area contributed by atoms with E-state index in [-0.39, 0.29) is 6.61 Å². The van der Waals surface area contributed by atoms with E-state index in [1.807, 2.05) is 0 Å². The molecular formula is C11H24N2O. The number of aliphatic hydroxyl groups is 1. The number of hydrogen-bond donors (Lipinski definition) is 2. The van der Waals surface area contributed by atoms with E-state index >= 15 is 0 Å². The monoisotopic (exact) mass is 200 g/mol. The van der Waals surface area contributed by atoms with Crippen molar-refractivity contribution in [2.24, 2.45) is 5.92 Å². The van der Waals surface area contributed by atoms with Crippen LogP contribution in [0.25, 0.3) is 0 Å². The Balaban J connectivity index is 1.96. The molecule has 0 spiro atoms. The third kappa shape index (κ3) is 4.94. The molecule has 0 amide bonds. The van der Waals surface area contributed by atoms with Gasteiger partial charge in [0.1, 0.15) is 0 Å². The Kier molecular flexibility index (Phi) is 6.15. The molecule has 0 aliphatic carbocycles. The summed E-state index contributed by atoms with van der Waals surface area (Å²) >= 11 is 0. The number of piperidine rings is 1. The Bertz CT molecular complexity index is 135. The largest absolute Gasteiger partial charge is 0.395 e. The van der Waals surface area contributed by atoms with Gasteiger partial charge in [-0.25, -0.2) is 0 Å². The Hall–Kier alpha value is -0.120. The molecule has 0 saturated carbocycles. The Labute approximate surface area is 87.5 Å². The van der Waals surface area contributed by atoms with Gasteiger partial charge in [-0.1, -0.05) is 0 Å². The van der Waals surface area contributed by atoms with Gasteiger partial charge in [-0.2, -0.15) is 0 Å². The minimum absolute atomic E-state index is 0.279. The summed E-state index contributed by atoms with van der Waals surface area (Å²) in [4.78, 5) is 2.20. The number of nitrogens with zero attached hydrogens (tertiary/aromatic N) is 1. The van der Waals surface area contributed by atoms with Crippen LogP contribution in [0.15, 0.2) is 0 Å². The van der Waals surface area contributed by atoms with Crippen LogP contribution in [0, 0.1) is 5.92 Å². The van der Waals surface area contributed by atoms with Gasteiger partial charge in [-0.05, 0) is 58.3 Å². The van der Waals surface area contributed by atoms with E-state index < -0.39 is 0 Å². The molecule has 3 heteroatoms. The molecule has 0 aromatic heterocycles. The van der Waals surface area contributed by atoms with E-state index in [0.717, 1.165) is 19.0 Å². The number of aliphatic hydroxyl groups excluding tert-OH is 1. The molecule has 2 N–H and O–H groups in total. The zero-order valence-electron chi connectivity index (χ0n) is 9.34. The van der Waals surface area contributed by atoms with Gasteiger partial charge >= 0.3 is 0 Å². The Morgan fingerprint density at radius 1 is 1.43 bits per heavy atom. The molecule has 1 saturated heterocycles. The predicted octanol–water partition coefficient (Wildman–Crippen LogP) is 0.690. The van der Waals surface area contributed by atoms with Crippen LogP contribution in [-0.4, -0.2) is 49.8 Å². The van der Waals surface area contributed by atoms with Crippen LogP contribution < -0.4 is 5.32 Å². The van der Waals surface area contributed by atoms with Crippen molar-refractivity contribution >= 4 is 0 Å². The number of likely N-dealkylation sites (N-methyl/N-ethyl adjacent to an activating group) is 1. The van der Waals surface area contributed by atoms with Crippen molar-refractivity contribution in [3.05, 3.63) is 0 Å². The van der Waals surface area contributed by atoms with Gasteiger partial charge in [0.25, 0.3) is 0 Å². The van der Waals surface area contributed by atoms with E-state index in [1.165, 1.54) is 38.8 Å². The highest BCUT2D eigenvalue weighted by molar-refractivity contribution is 4.69. The van der Waals surface area contributed by atoms with Gasteiger partial charge < -0.3 is 15.3 Å². The summed E-state index contributed by atoms with van der Waals surface area (Å²) < 4.78 is 0. The molecule has 1 heterocycles. The maximum Gasteiger partial charge on any atom is 0.0558 e. The normalized spacial score (nSPS) is 22.9. The smallest absolute Gasteiger partial charge is 0.0558 e. The highest BCUT2D eigenvalue weighted by Crippen LogP contribution is 2.15. The highest BCUT2D eigenvalue weighted by Gasteiger charge is 2.12. The first kappa shape index (κ1) is 12.0. The van der Waals surface area contributed by atoms with Crippen molar-refractivity contribution in [1.82, 2.24) is 10.2 Å². The summed E-state index contributed by atoms with van der Waals surface area (Å²) in [5, 5.41) is 12.2. The molecular weight excluding hydrogens is 176 g/mol. The third-order valence-corrected chi connectivity index (χ3v) is 3.03. The highest BCUT2D eigenvalue weighted by atomic mass is 16.3. The van der Waals surface area contributed by atoms with Crippen molar-refractivity contribution in [1.29, 1.82) is 0 Å².